The number of benzene rings is 1. The monoisotopic (exact) mass is 330 g/mol. The highest BCUT2D eigenvalue weighted by molar-refractivity contribution is 6.30. The van der Waals surface area contributed by atoms with Crippen LogP contribution in [0.25, 0.3) is 0 Å². The Kier molecular flexibility index (Phi) is 6.42. The molecule has 0 aliphatic carbocycles. The van der Waals surface area contributed by atoms with Crippen molar-refractivity contribution in [3.8, 4) is 5.75 Å². The first-order chi connectivity index (χ1) is 10.5. The molecule has 1 fully saturated rings. The number of hydrogen-bond acceptors (Lipinski definition) is 4. The standard InChI is InChI=1S/C15H20ClFN2O3/c1-19-4-5-21-9-11(8-19)7-18-15(20)10-22-12-2-3-14(17)13(16)6-12/h2-3,6,11H,4-5,7-10H2,1H3,(H,18,20). The van der Waals surface area contributed by atoms with E-state index in [-0.39, 0.29) is 23.5 Å². The second kappa shape index (κ2) is 8.31. The minimum absolute atomic E-state index is 0.0310. The average molecular weight is 331 g/mol. The number of nitrogens with one attached hydrogen (secondary N) is 1. The van der Waals surface area contributed by atoms with E-state index in [0.717, 1.165) is 19.7 Å². The van der Waals surface area contributed by atoms with Gasteiger partial charge in [-0.1, -0.05) is 11.6 Å². The zero-order valence-corrected chi connectivity index (χ0v) is 13.2. The fraction of sp³-hybridized carbons (Fsp3) is 0.533. The summed E-state index contributed by atoms with van der Waals surface area (Å²) in [6, 6.07) is 3.98. The minimum Gasteiger partial charge on any atom is -0.484 e. The highest BCUT2D eigenvalue weighted by Crippen LogP contribution is 2.20. The molecule has 1 aliphatic heterocycles. The molecule has 1 atom stereocenters. The Morgan fingerprint density at radius 2 is 2.41 bits per heavy atom. The number of halogens is 2. The van der Waals surface area contributed by atoms with E-state index in [9.17, 15) is 9.18 Å². The summed E-state index contributed by atoms with van der Waals surface area (Å²) in [7, 11) is 2.03. The first kappa shape index (κ1) is 17.0. The van der Waals surface area contributed by atoms with Crippen molar-refractivity contribution in [2.75, 3.05) is 46.5 Å². The molecule has 1 heterocycles. The van der Waals surface area contributed by atoms with Gasteiger partial charge in [-0.2, -0.15) is 0 Å². The summed E-state index contributed by atoms with van der Waals surface area (Å²) in [6.07, 6.45) is 0. The molecule has 1 amide bonds. The van der Waals surface area contributed by atoms with Crippen LogP contribution in [-0.2, 0) is 9.53 Å². The summed E-state index contributed by atoms with van der Waals surface area (Å²) < 4.78 is 23.8. The van der Waals surface area contributed by atoms with Gasteiger partial charge in [-0.05, 0) is 19.2 Å². The van der Waals surface area contributed by atoms with Crippen molar-refractivity contribution in [3.63, 3.8) is 0 Å². The summed E-state index contributed by atoms with van der Waals surface area (Å²) in [5.74, 6) is -0.126. The normalized spacial score (nSPS) is 19.5. The molecule has 0 radical (unpaired) electrons. The Balaban J connectivity index is 1.72. The van der Waals surface area contributed by atoms with E-state index in [0.29, 0.717) is 18.9 Å². The molecule has 1 aliphatic rings. The Bertz CT molecular complexity index is 516. The molecule has 1 aromatic rings. The van der Waals surface area contributed by atoms with Crippen LogP contribution >= 0.6 is 11.6 Å². The fourth-order valence-corrected chi connectivity index (χ4v) is 2.37. The number of carbonyl (C=O) groups is 1. The molecule has 122 valence electrons. The van der Waals surface area contributed by atoms with Crippen LogP contribution < -0.4 is 10.1 Å². The Hall–Kier alpha value is -1.37. The fourth-order valence-electron chi connectivity index (χ4n) is 2.20. The molecule has 1 unspecified atom stereocenters. The van der Waals surface area contributed by atoms with Crippen LogP contribution in [0, 0.1) is 11.7 Å². The van der Waals surface area contributed by atoms with Gasteiger partial charge in [-0.15, -0.1) is 0 Å². The summed E-state index contributed by atoms with van der Waals surface area (Å²) in [5, 5.41) is 2.79. The van der Waals surface area contributed by atoms with Gasteiger partial charge >= 0.3 is 0 Å². The zero-order chi connectivity index (χ0) is 15.9. The first-order valence-electron chi connectivity index (χ1n) is 7.15. The smallest absolute Gasteiger partial charge is 0.257 e. The lowest BCUT2D eigenvalue weighted by atomic mass is 10.1. The van der Waals surface area contributed by atoms with Gasteiger partial charge in [0, 0.05) is 31.6 Å². The summed E-state index contributed by atoms with van der Waals surface area (Å²) in [5.41, 5.74) is 0. The first-order valence-corrected chi connectivity index (χ1v) is 7.53. The van der Waals surface area contributed by atoms with E-state index in [4.69, 9.17) is 21.1 Å². The van der Waals surface area contributed by atoms with Crippen molar-refractivity contribution in [1.29, 1.82) is 0 Å². The molecule has 1 aromatic carbocycles. The van der Waals surface area contributed by atoms with Crippen LogP contribution in [-0.4, -0.2) is 57.3 Å². The Labute approximate surface area is 134 Å². The molecule has 2 rings (SSSR count). The van der Waals surface area contributed by atoms with Gasteiger partial charge in [0.25, 0.3) is 5.91 Å². The number of likely N-dealkylation sites (N-methyl/N-ethyl adjacent to an activating group) is 1. The number of carbonyl (C=O) groups excluding carboxylic acids is 1. The van der Waals surface area contributed by atoms with E-state index >= 15 is 0 Å². The van der Waals surface area contributed by atoms with Crippen molar-refractivity contribution in [2.24, 2.45) is 5.92 Å². The largest absolute Gasteiger partial charge is 0.484 e. The van der Waals surface area contributed by atoms with Gasteiger partial charge in [0.2, 0.25) is 0 Å². The SMILES string of the molecule is CN1CCOCC(CNC(=O)COc2ccc(F)c(Cl)c2)C1. The van der Waals surface area contributed by atoms with Gasteiger partial charge in [0.05, 0.1) is 18.2 Å². The molecular weight excluding hydrogens is 311 g/mol. The topological polar surface area (TPSA) is 50.8 Å². The van der Waals surface area contributed by atoms with Crippen LogP contribution in [0.4, 0.5) is 4.39 Å². The quantitative estimate of drug-likeness (QED) is 0.890. The average Bonchev–Trinajstić information content (AvgIpc) is 2.70. The number of rotatable bonds is 5. The lowest BCUT2D eigenvalue weighted by Crippen LogP contribution is -2.37. The predicted octanol–water partition coefficient (Wildman–Crippen LogP) is 1.55. The molecule has 0 spiro atoms. The van der Waals surface area contributed by atoms with Gasteiger partial charge in [0.1, 0.15) is 11.6 Å². The molecule has 7 heteroatoms. The Morgan fingerprint density at radius 1 is 1.59 bits per heavy atom. The van der Waals surface area contributed by atoms with Gasteiger partial charge in [0.15, 0.2) is 6.61 Å². The molecule has 5 nitrogen and oxygen atoms in total. The highest BCUT2D eigenvalue weighted by atomic mass is 35.5. The summed E-state index contributed by atoms with van der Waals surface area (Å²) in [4.78, 5) is 14.0. The molecule has 1 saturated heterocycles. The van der Waals surface area contributed by atoms with Crippen molar-refractivity contribution in [3.05, 3.63) is 29.0 Å². The maximum Gasteiger partial charge on any atom is 0.257 e. The van der Waals surface area contributed by atoms with E-state index in [1.54, 1.807) is 0 Å². The number of amides is 1. The second-order valence-electron chi connectivity index (χ2n) is 5.37. The Morgan fingerprint density at radius 3 is 3.18 bits per heavy atom. The lowest BCUT2D eigenvalue weighted by Gasteiger charge is -2.19. The maximum absolute atomic E-state index is 13.0. The van der Waals surface area contributed by atoms with Crippen molar-refractivity contribution in [2.45, 2.75) is 0 Å². The van der Waals surface area contributed by atoms with E-state index in [1.165, 1.54) is 18.2 Å². The summed E-state index contributed by atoms with van der Waals surface area (Å²) >= 11 is 5.65. The number of hydrogen-bond donors (Lipinski definition) is 1. The lowest BCUT2D eigenvalue weighted by molar-refractivity contribution is -0.123. The third kappa shape index (κ3) is 5.44. The molecule has 1 N–H and O–H groups in total. The minimum atomic E-state index is -0.518. The number of nitrogens with zero attached hydrogens (tertiary/aromatic N) is 1. The van der Waals surface area contributed by atoms with Crippen LogP contribution in [0.2, 0.25) is 5.02 Å². The molecule has 22 heavy (non-hydrogen) atoms. The van der Waals surface area contributed by atoms with Gasteiger partial charge in [-0.3, -0.25) is 4.79 Å². The van der Waals surface area contributed by atoms with Crippen molar-refractivity contribution in [1.82, 2.24) is 10.2 Å². The molecule has 0 aromatic heterocycles. The van der Waals surface area contributed by atoms with Crippen molar-refractivity contribution < 1.29 is 18.7 Å². The predicted molar refractivity (Wildman–Crippen MR) is 81.7 cm³/mol. The van der Waals surface area contributed by atoms with Crippen LogP contribution in [0.5, 0.6) is 5.75 Å². The third-order valence-corrected chi connectivity index (χ3v) is 3.68. The zero-order valence-electron chi connectivity index (χ0n) is 12.5. The van der Waals surface area contributed by atoms with Crippen LogP contribution in [0.3, 0.4) is 0 Å². The van der Waals surface area contributed by atoms with Crippen LogP contribution in [0.1, 0.15) is 0 Å². The third-order valence-electron chi connectivity index (χ3n) is 3.39. The van der Waals surface area contributed by atoms with Crippen LogP contribution in [0.15, 0.2) is 18.2 Å². The van der Waals surface area contributed by atoms with Gasteiger partial charge < -0.3 is 19.7 Å². The molecule has 0 bridgehead atoms. The second-order valence-corrected chi connectivity index (χ2v) is 5.78. The van der Waals surface area contributed by atoms with E-state index in [1.807, 2.05) is 7.05 Å². The van der Waals surface area contributed by atoms with Gasteiger partial charge in [-0.25, -0.2) is 4.39 Å². The van der Waals surface area contributed by atoms with Crippen molar-refractivity contribution >= 4 is 17.5 Å². The van der Waals surface area contributed by atoms with E-state index < -0.39 is 5.82 Å². The highest BCUT2D eigenvalue weighted by Gasteiger charge is 2.17. The molecular formula is C15H20ClFN2O3. The maximum atomic E-state index is 13.0. The van der Waals surface area contributed by atoms with E-state index in [2.05, 4.69) is 10.2 Å². The number of ether oxygens (including phenoxy) is 2. The molecule has 0 saturated carbocycles. The summed E-state index contributed by atoms with van der Waals surface area (Å²) in [6.45, 7) is 3.55.